The third-order valence-electron chi connectivity index (χ3n) is 5.34. The first-order valence-corrected chi connectivity index (χ1v) is 10.5. The van der Waals surface area contributed by atoms with Crippen LogP contribution in [0.5, 0.6) is 0 Å². The Bertz CT molecular complexity index is 1320. The minimum absolute atomic E-state index is 0.218. The van der Waals surface area contributed by atoms with Crippen LogP contribution in [-0.4, -0.2) is 50.9 Å². The number of hydrogen-bond donors (Lipinski definition) is 2. The van der Waals surface area contributed by atoms with Gasteiger partial charge in [0, 0.05) is 25.5 Å². The lowest BCUT2D eigenvalue weighted by atomic mass is 10.3. The molecular formula is C21H26N10O2. The Labute approximate surface area is 190 Å². The highest BCUT2D eigenvalue weighted by Gasteiger charge is 2.22. The van der Waals surface area contributed by atoms with Crippen molar-refractivity contribution >= 4 is 23.2 Å². The molecular weight excluding hydrogens is 424 g/mol. The summed E-state index contributed by atoms with van der Waals surface area (Å²) >= 11 is 0. The zero-order valence-corrected chi connectivity index (χ0v) is 19.2. The molecule has 0 unspecified atom stereocenters. The van der Waals surface area contributed by atoms with Gasteiger partial charge in [0.15, 0.2) is 5.69 Å². The number of carbonyl (C=O) groups is 2. The fourth-order valence-electron chi connectivity index (χ4n) is 3.46. The monoisotopic (exact) mass is 450 g/mol. The second-order valence-electron chi connectivity index (χ2n) is 7.71. The maximum absolute atomic E-state index is 13.0. The predicted octanol–water partition coefficient (Wildman–Crippen LogP) is 1.97. The van der Waals surface area contributed by atoms with Crippen molar-refractivity contribution in [3.05, 3.63) is 59.2 Å². The molecule has 0 aromatic carbocycles. The highest BCUT2D eigenvalue weighted by atomic mass is 16.2. The lowest BCUT2D eigenvalue weighted by Gasteiger charge is -2.09. The van der Waals surface area contributed by atoms with E-state index in [0.717, 1.165) is 17.1 Å². The van der Waals surface area contributed by atoms with E-state index in [9.17, 15) is 9.59 Å². The highest BCUT2D eigenvalue weighted by molar-refractivity contribution is 6.11. The van der Waals surface area contributed by atoms with Gasteiger partial charge >= 0.3 is 0 Å². The first-order valence-electron chi connectivity index (χ1n) is 10.5. The lowest BCUT2D eigenvalue weighted by molar-refractivity contribution is 0.101. The number of hydrogen-bond acceptors (Lipinski definition) is 6. The van der Waals surface area contributed by atoms with Crippen LogP contribution in [0.1, 0.15) is 45.0 Å². The lowest BCUT2D eigenvalue weighted by Crippen LogP contribution is -2.21. The molecule has 33 heavy (non-hydrogen) atoms. The van der Waals surface area contributed by atoms with Gasteiger partial charge in [0.05, 0.1) is 35.2 Å². The van der Waals surface area contributed by atoms with Crippen molar-refractivity contribution < 1.29 is 9.59 Å². The van der Waals surface area contributed by atoms with Crippen molar-refractivity contribution in [3.63, 3.8) is 0 Å². The van der Waals surface area contributed by atoms with E-state index in [4.69, 9.17) is 0 Å². The zero-order valence-electron chi connectivity index (χ0n) is 19.2. The van der Waals surface area contributed by atoms with Gasteiger partial charge in [-0.15, -0.1) is 0 Å². The number of anilines is 2. The van der Waals surface area contributed by atoms with E-state index in [1.807, 2.05) is 33.8 Å². The highest BCUT2D eigenvalue weighted by Crippen LogP contribution is 2.20. The standard InChI is InChI=1S/C21H26N10O2/c1-6-30-19(21(33)24-17-10-22-28(5)15(17)4)18(11-23-30)25-20(32)16-7-8-29(27-16)12-31-14(3)9-13(2)26-31/h7-11H,6,12H2,1-5H3,(H,24,33)(H,25,32). The molecule has 0 atom stereocenters. The molecule has 2 N–H and O–H groups in total. The largest absolute Gasteiger partial charge is 0.318 e. The molecule has 12 heteroatoms. The average molecular weight is 451 g/mol. The van der Waals surface area contributed by atoms with Crippen LogP contribution in [-0.2, 0) is 20.3 Å². The van der Waals surface area contributed by atoms with Crippen LogP contribution >= 0.6 is 0 Å². The summed E-state index contributed by atoms with van der Waals surface area (Å²) < 4.78 is 6.62. The summed E-state index contributed by atoms with van der Waals surface area (Å²) in [4.78, 5) is 25.9. The summed E-state index contributed by atoms with van der Waals surface area (Å²) in [7, 11) is 1.79. The predicted molar refractivity (Wildman–Crippen MR) is 121 cm³/mol. The van der Waals surface area contributed by atoms with Gasteiger partial charge in [-0.3, -0.25) is 23.6 Å². The van der Waals surface area contributed by atoms with E-state index in [2.05, 4.69) is 31.0 Å². The molecule has 12 nitrogen and oxygen atoms in total. The fourth-order valence-corrected chi connectivity index (χ4v) is 3.46. The molecule has 4 rings (SSSR count). The number of amides is 2. The van der Waals surface area contributed by atoms with Gasteiger partial charge in [-0.1, -0.05) is 0 Å². The third-order valence-corrected chi connectivity index (χ3v) is 5.34. The second kappa shape index (κ2) is 8.73. The van der Waals surface area contributed by atoms with Crippen molar-refractivity contribution in [1.29, 1.82) is 0 Å². The molecule has 0 saturated heterocycles. The SMILES string of the molecule is CCn1ncc(NC(=O)c2ccn(Cn3nc(C)cc3C)n2)c1C(=O)Nc1cnn(C)c1C. The van der Waals surface area contributed by atoms with Crippen molar-refractivity contribution in [3.8, 4) is 0 Å². The molecule has 2 amide bonds. The molecule has 0 aliphatic carbocycles. The van der Waals surface area contributed by atoms with Crippen molar-refractivity contribution in [1.82, 2.24) is 39.1 Å². The third kappa shape index (κ3) is 4.40. The van der Waals surface area contributed by atoms with Crippen LogP contribution in [0.25, 0.3) is 0 Å². The van der Waals surface area contributed by atoms with Gasteiger partial charge in [-0.05, 0) is 39.8 Å². The van der Waals surface area contributed by atoms with Crippen LogP contribution in [0.15, 0.2) is 30.7 Å². The normalized spacial score (nSPS) is 11.1. The van der Waals surface area contributed by atoms with Gasteiger partial charge in [-0.25, -0.2) is 4.68 Å². The molecule has 172 valence electrons. The number of aryl methyl sites for hydroxylation is 4. The van der Waals surface area contributed by atoms with Crippen LogP contribution in [0.3, 0.4) is 0 Å². The molecule has 0 bridgehead atoms. The summed E-state index contributed by atoms with van der Waals surface area (Å²) in [6.45, 7) is 8.45. The maximum atomic E-state index is 13.0. The van der Waals surface area contributed by atoms with E-state index in [1.165, 1.54) is 10.9 Å². The first-order chi connectivity index (χ1) is 15.8. The van der Waals surface area contributed by atoms with Gasteiger partial charge in [0.1, 0.15) is 12.4 Å². The van der Waals surface area contributed by atoms with E-state index < -0.39 is 11.8 Å². The van der Waals surface area contributed by atoms with Gasteiger partial charge in [0.2, 0.25) is 0 Å². The van der Waals surface area contributed by atoms with Crippen LogP contribution in [0, 0.1) is 20.8 Å². The number of nitrogens with one attached hydrogen (secondary N) is 2. The summed E-state index contributed by atoms with van der Waals surface area (Å²) in [5.41, 5.74) is 4.08. The Balaban J connectivity index is 1.51. The van der Waals surface area contributed by atoms with Crippen molar-refractivity contribution in [2.75, 3.05) is 10.6 Å². The maximum Gasteiger partial charge on any atom is 0.276 e. The minimum atomic E-state index is -0.440. The van der Waals surface area contributed by atoms with Gasteiger partial charge in [-0.2, -0.15) is 20.4 Å². The molecule has 4 aromatic rings. The quantitative estimate of drug-likeness (QED) is 0.443. The van der Waals surface area contributed by atoms with Crippen molar-refractivity contribution in [2.24, 2.45) is 7.05 Å². The van der Waals surface area contributed by atoms with Gasteiger partial charge < -0.3 is 10.6 Å². The molecule has 0 radical (unpaired) electrons. The Morgan fingerprint density at radius 2 is 1.70 bits per heavy atom. The Hall–Kier alpha value is -4.22. The van der Waals surface area contributed by atoms with E-state index in [0.29, 0.717) is 24.6 Å². The molecule has 0 saturated carbocycles. The second-order valence-corrected chi connectivity index (χ2v) is 7.71. The molecule has 0 fully saturated rings. The number of carbonyl (C=O) groups excluding carboxylic acids is 2. The zero-order chi connectivity index (χ0) is 23.7. The molecule has 0 aliphatic rings. The average Bonchev–Trinajstić information content (AvgIpc) is 3.54. The molecule has 4 aromatic heterocycles. The fraction of sp³-hybridized carbons (Fsp3) is 0.333. The number of rotatable bonds is 7. The van der Waals surface area contributed by atoms with Crippen LogP contribution in [0.2, 0.25) is 0 Å². The topological polar surface area (TPSA) is 129 Å². The van der Waals surface area contributed by atoms with Gasteiger partial charge in [0.25, 0.3) is 11.8 Å². The molecule has 4 heterocycles. The summed E-state index contributed by atoms with van der Waals surface area (Å²) in [6, 6.07) is 3.59. The Morgan fingerprint density at radius 3 is 2.33 bits per heavy atom. The Morgan fingerprint density at radius 1 is 0.970 bits per heavy atom. The summed E-state index contributed by atoms with van der Waals surface area (Å²) in [5.74, 6) is -0.833. The Kier molecular flexibility index (Phi) is 5.82. The van der Waals surface area contributed by atoms with E-state index >= 15 is 0 Å². The number of nitrogens with zero attached hydrogens (tertiary/aromatic N) is 8. The summed E-state index contributed by atoms with van der Waals surface area (Å²) in [5, 5.41) is 22.7. The minimum Gasteiger partial charge on any atom is -0.318 e. The molecule has 0 spiro atoms. The van der Waals surface area contributed by atoms with E-state index in [1.54, 1.807) is 39.6 Å². The van der Waals surface area contributed by atoms with Crippen LogP contribution in [0.4, 0.5) is 11.4 Å². The smallest absolute Gasteiger partial charge is 0.276 e. The van der Waals surface area contributed by atoms with E-state index in [-0.39, 0.29) is 11.4 Å². The number of aromatic nitrogens is 8. The molecule has 0 aliphatic heterocycles. The summed E-state index contributed by atoms with van der Waals surface area (Å²) in [6.07, 6.45) is 4.74. The first kappa shape index (κ1) is 22.0. The van der Waals surface area contributed by atoms with Crippen LogP contribution < -0.4 is 10.6 Å². The van der Waals surface area contributed by atoms with Crippen molar-refractivity contribution in [2.45, 2.75) is 40.9 Å².